The third-order valence-electron chi connectivity index (χ3n) is 5.84. The van der Waals surface area contributed by atoms with Crippen LogP contribution in [0.4, 0.5) is 4.79 Å². The van der Waals surface area contributed by atoms with Gasteiger partial charge in [0.2, 0.25) is 5.91 Å². The predicted molar refractivity (Wildman–Crippen MR) is 142 cm³/mol. The summed E-state index contributed by atoms with van der Waals surface area (Å²) >= 11 is 0. The Morgan fingerprint density at radius 2 is 1.38 bits per heavy atom. The van der Waals surface area contributed by atoms with Gasteiger partial charge >= 0.3 is 12.1 Å². The second kappa shape index (κ2) is 18.8. The summed E-state index contributed by atoms with van der Waals surface area (Å²) in [6.07, 6.45) is 1.24. The number of carbonyl (C=O) groups is 4. The number of carbonyl (C=O) groups excluding carboxylic acids is 4. The van der Waals surface area contributed by atoms with E-state index in [4.69, 9.17) is 9.47 Å². The van der Waals surface area contributed by atoms with Crippen molar-refractivity contribution in [3.63, 3.8) is 0 Å². The molecule has 2 aromatic rings. The molecule has 2 rings (SSSR count). The minimum absolute atomic E-state index is 0. The molecule has 0 unspecified atom stereocenters. The summed E-state index contributed by atoms with van der Waals surface area (Å²) in [6.45, 7) is 4.19. The fraction of sp³-hybridized carbons (Fsp3) is 0.448. The fourth-order valence-corrected chi connectivity index (χ4v) is 3.71. The Hall–Kier alpha value is -3.43. The molecule has 0 aliphatic rings. The number of ketones is 1. The van der Waals surface area contributed by atoms with Crippen LogP contribution in [0.5, 0.6) is 0 Å². The van der Waals surface area contributed by atoms with Gasteiger partial charge in [-0.25, -0.2) is 9.59 Å². The number of unbranched alkanes of at least 4 members (excludes halogenated alkanes) is 1. The lowest BCUT2D eigenvalue weighted by Crippen LogP contribution is -3.00. The van der Waals surface area contributed by atoms with E-state index in [1.165, 1.54) is 0 Å². The lowest BCUT2D eigenvalue weighted by molar-refractivity contribution is -0.412. The van der Waals surface area contributed by atoms with E-state index in [2.05, 4.69) is 16.4 Å². The van der Waals surface area contributed by atoms with Crippen molar-refractivity contribution < 1.29 is 46.8 Å². The number of hydrogen-bond acceptors (Lipinski definition) is 6. The first-order chi connectivity index (χ1) is 18.2. The van der Waals surface area contributed by atoms with Gasteiger partial charge in [0.25, 0.3) is 0 Å². The molecule has 0 aliphatic carbocycles. The van der Waals surface area contributed by atoms with Crippen molar-refractivity contribution in [2.75, 3.05) is 6.54 Å². The number of hydrogen-bond donors (Lipinski definition) is 3. The largest absolute Gasteiger partial charge is 1.00 e. The number of ether oxygens (including phenoxy) is 2. The number of alkyl carbamates (subject to hydrolysis) is 1. The first-order valence-corrected chi connectivity index (χ1v) is 13.0. The minimum Gasteiger partial charge on any atom is -1.00 e. The van der Waals surface area contributed by atoms with Gasteiger partial charge in [-0.2, -0.15) is 0 Å². The van der Waals surface area contributed by atoms with Crippen LogP contribution in [0.2, 0.25) is 0 Å². The average Bonchev–Trinajstić information content (AvgIpc) is 2.90. The molecule has 10 heteroatoms. The number of quaternary nitrogens is 1. The van der Waals surface area contributed by atoms with Crippen molar-refractivity contribution in [2.24, 2.45) is 5.92 Å². The first-order valence-electron chi connectivity index (χ1n) is 13.0. The molecule has 5 N–H and O–H groups in total. The molecule has 0 aliphatic heterocycles. The van der Waals surface area contributed by atoms with Gasteiger partial charge in [-0.05, 0) is 37.3 Å². The molecule has 39 heavy (non-hydrogen) atoms. The van der Waals surface area contributed by atoms with Crippen LogP contribution in [0.25, 0.3) is 0 Å². The second-order valence-corrected chi connectivity index (χ2v) is 9.58. The Kier molecular flexibility index (Phi) is 16.2. The molecule has 0 fully saturated rings. The highest BCUT2D eigenvalue weighted by atomic mass is 35.5. The zero-order valence-electron chi connectivity index (χ0n) is 22.7. The summed E-state index contributed by atoms with van der Waals surface area (Å²) < 4.78 is 10.6. The number of benzene rings is 2. The fourth-order valence-electron chi connectivity index (χ4n) is 3.71. The Morgan fingerprint density at radius 1 is 0.821 bits per heavy atom. The summed E-state index contributed by atoms with van der Waals surface area (Å²) in [4.78, 5) is 49.6. The molecular formula is C29H40ClN3O6. The standard InChI is InChI=1S/C29H39N3O6.ClH/c1-21(26(33)18-22(2)30)17-27(34)32-25(28(35)37-19-23-11-5-3-6-12-23)15-9-10-16-31-29(36)38-20-24-13-7-4-8-14-24;/h3-8,11-14,21-22,25H,9-10,15-20,30H2,1-2H3,(H,31,36)(H,32,34);1H/t21-,22-,25-;/m0./s1. The molecule has 2 amide bonds. The van der Waals surface area contributed by atoms with Crippen LogP contribution in [-0.2, 0) is 37.1 Å². The van der Waals surface area contributed by atoms with Crippen LogP contribution in [0.1, 0.15) is 57.1 Å². The Balaban J connectivity index is 0.00000760. The number of nitrogens with one attached hydrogen (secondary N) is 2. The zero-order valence-corrected chi connectivity index (χ0v) is 23.5. The normalized spacial score (nSPS) is 12.7. The van der Waals surface area contributed by atoms with Gasteiger partial charge in [-0.1, -0.05) is 67.6 Å². The van der Waals surface area contributed by atoms with E-state index in [-0.39, 0.29) is 49.8 Å². The average molecular weight is 562 g/mol. The van der Waals surface area contributed by atoms with Crippen LogP contribution in [0, 0.1) is 5.92 Å². The van der Waals surface area contributed by atoms with E-state index in [0.29, 0.717) is 32.2 Å². The van der Waals surface area contributed by atoms with Crippen molar-refractivity contribution in [2.45, 2.75) is 71.2 Å². The van der Waals surface area contributed by atoms with Gasteiger partial charge in [0, 0.05) is 18.9 Å². The number of esters is 1. The Bertz CT molecular complexity index is 1020. The van der Waals surface area contributed by atoms with Crippen molar-refractivity contribution >= 4 is 23.8 Å². The van der Waals surface area contributed by atoms with E-state index >= 15 is 0 Å². The molecule has 0 spiro atoms. The number of Topliss-reactive ketones (excluding diaryl/α,β-unsaturated/α-hetero) is 1. The molecule has 2 aromatic carbocycles. The smallest absolute Gasteiger partial charge is 0.407 e. The van der Waals surface area contributed by atoms with Gasteiger partial charge in [-0.3, -0.25) is 9.59 Å². The van der Waals surface area contributed by atoms with Crippen LogP contribution in [0.3, 0.4) is 0 Å². The molecule has 0 aromatic heterocycles. The lowest BCUT2D eigenvalue weighted by Gasteiger charge is -2.19. The summed E-state index contributed by atoms with van der Waals surface area (Å²) in [7, 11) is 0. The van der Waals surface area contributed by atoms with E-state index in [9.17, 15) is 19.2 Å². The molecule has 0 saturated heterocycles. The summed E-state index contributed by atoms with van der Waals surface area (Å²) in [5.74, 6) is -1.42. The van der Waals surface area contributed by atoms with Crippen molar-refractivity contribution in [3.05, 3.63) is 71.8 Å². The minimum atomic E-state index is -0.856. The van der Waals surface area contributed by atoms with Gasteiger partial charge in [0.15, 0.2) is 0 Å². The predicted octanol–water partition coefficient (Wildman–Crippen LogP) is -0.0689. The van der Waals surface area contributed by atoms with E-state index in [1.807, 2.05) is 67.6 Å². The number of rotatable bonds is 16. The third kappa shape index (κ3) is 14.3. The first kappa shape index (κ1) is 33.6. The lowest BCUT2D eigenvalue weighted by atomic mass is 9.97. The maximum atomic E-state index is 12.8. The topological polar surface area (TPSA) is 138 Å². The van der Waals surface area contributed by atoms with E-state index < -0.39 is 24.0 Å². The highest BCUT2D eigenvalue weighted by Crippen LogP contribution is 2.11. The van der Waals surface area contributed by atoms with Gasteiger partial charge in [0.05, 0.1) is 12.5 Å². The summed E-state index contributed by atoms with van der Waals surface area (Å²) in [6, 6.07) is 17.8. The van der Waals surface area contributed by atoms with Crippen LogP contribution in [0.15, 0.2) is 60.7 Å². The maximum absolute atomic E-state index is 12.8. The van der Waals surface area contributed by atoms with Crippen LogP contribution < -0.4 is 28.8 Å². The summed E-state index contributed by atoms with van der Waals surface area (Å²) in [5, 5.41) is 5.43. The van der Waals surface area contributed by atoms with E-state index in [0.717, 1.165) is 11.1 Å². The monoisotopic (exact) mass is 561 g/mol. The molecular weight excluding hydrogens is 522 g/mol. The molecule has 0 heterocycles. The molecule has 3 atom stereocenters. The Labute approximate surface area is 236 Å². The van der Waals surface area contributed by atoms with Gasteiger partial charge in [-0.15, -0.1) is 0 Å². The third-order valence-corrected chi connectivity index (χ3v) is 5.84. The second-order valence-electron chi connectivity index (χ2n) is 9.58. The van der Waals surface area contributed by atoms with Crippen LogP contribution >= 0.6 is 0 Å². The molecule has 0 saturated carbocycles. The summed E-state index contributed by atoms with van der Waals surface area (Å²) in [5.41, 5.74) is 5.56. The SMILES string of the molecule is C[C@H]([NH3+])CC(=O)[C@@H](C)CC(=O)N[C@@H](CCCCNC(=O)OCc1ccccc1)C(=O)OCc1ccccc1.[Cl-]. The van der Waals surface area contributed by atoms with Crippen LogP contribution in [-0.4, -0.2) is 42.4 Å². The van der Waals surface area contributed by atoms with Crippen molar-refractivity contribution in [1.29, 1.82) is 0 Å². The number of halogens is 1. The van der Waals surface area contributed by atoms with Gasteiger partial charge in [0.1, 0.15) is 25.0 Å². The molecule has 9 nitrogen and oxygen atoms in total. The number of amides is 2. The Morgan fingerprint density at radius 3 is 1.95 bits per heavy atom. The molecule has 0 bridgehead atoms. The highest BCUT2D eigenvalue weighted by Gasteiger charge is 2.25. The van der Waals surface area contributed by atoms with E-state index in [1.54, 1.807) is 6.92 Å². The maximum Gasteiger partial charge on any atom is 0.407 e. The van der Waals surface area contributed by atoms with Crippen molar-refractivity contribution in [1.82, 2.24) is 10.6 Å². The molecule has 214 valence electrons. The zero-order chi connectivity index (χ0) is 27.8. The molecule has 0 radical (unpaired) electrons. The van der Waals surface area contributed by atoms with Gasteiger partial charge < -0.3 is 38.2 Å². The quantitative estimate of drug-likeness (QED) is 0.194. The van der Waals surface area contributed by atoms with Crippen molar-refractivity contribution in [3.8, 4) is 0 Å². The highest BCUT2D eigenvalue weighted by molar-refractivity contribution is 5.89.